The third kappa shape index (κ3) is 3.04. The van der Waals surface area contributed by atoms with Gasteiger partial charge in [-0.15, -0.1) is 12.4 Å². The molecule has 1 atom stereocenters. The highest BCUT2D eigenvalue weighted by Gasteiger charge is 2.37. The monoisotopic (exact) mass is 341 g/mol. The van der Waals surface area contributed by atoms with Crippen LogP contribution < -0.4 is 5.73 Å². The van der Waals surface area contributed by atoms with Crippen molar-refractivity contribution in [3.63, 3.8) is 0 Å². The number of hydrogen-bond donors (Lipinski definition) is 1. The second-order valence-electron chi connectivity index (χ2n) is 4.26. The maximum atomic E-state index is 12.4. The predicted octanol–water partition coefficient (Wildman–Crippen LogP) is 1.39. The van der Waals surface area contributed by atoms with Gasteiger partial charge in [0, 0.05) is 25.2 Å². The van der Waals surface area contributed by atoms with Crippen molar-refractivity contribution in [3.05, 3.63) is 33.3 Å². The van der Waals surface area contributed by atoms with Gasteiger partial charge in [0.25, 0.3) is 15.7 Å². The van der Waals surface area contributed by atoms with Gasteiger partial charge >= 0.3 is 0 Å². The van der Waals surface area contributed by atoms with Gasteiger partial charge in [-0.05, 0) is 12.5 Å². The summed E-state index contributed by atoms with van der Waals surface area (Å²) >= 11 is 5.83. The van der Waals surface area contributed by atoms with E-state index in [0.29, 0.717) is 6.42 Å². The average molecular weight is 342 g/mol. The Morgan fingerprint density at radius 2 is 2.10 bits per heavy atom. The van der Waals surface area contributed by atoms with Crippen LogP contribution in [0.3, 0.4) is 0 Å². The SMILES string of the molecule is Cl.N[C@@H]1CCN(S(=O)(=O)c2c(Cl)cccc2[N+](=O)[O-])C1. The molecule has 0 bridgehead atoms. The summed E-state index contributed by atoms with van der Waals surface area (Å²) in [4.78, 5) is 9.72. The van der Waals surface area contributed by atoms with E-state index in [1.54, 1.807) is 0 Å². The molecule has 1 aliphatic heterocycles. The van der Waals surface area contributed by atoms with E-state index in [0.717, 1.165) is 10.4 Å². The molecule has 7 nitrogen and oxygen atoms in total. The van der Waals surface area contributed by atoms with E-state index in [1.807, 2.05) is 0 Å². The number of nitrogens with two attached hydrogens (primary N) is 1. The van der Waals surface area contributed by atoms with Crippen LogP contribution >= 0.6 is 24.0 Å². The van der Waals surface area contributed by atoms with Crippen LogP contribution in [0.25, 0.3) is 0 Å². The number of nitro benzene ring substituents is 1. The van der Waals surface area contributed by atoms with E-state index < -0.39 is 25.5 Å². The lowest BCUT2D eigenvalue weighted by Crippen LogP contribution is -2.32. The summed E-state index contributed by atoms with van der Waals surface area (Å²) in [6.07, 6.45) is 0.525. The van der Waals surface area contributed by atoms with Gasteiger partial charge in [-0.1, -0.05) is 17.7 Å². The summed E-state index contributed by atoms with van der Waals surface area (Å²) in [6.45, 7) is 0.386. The summed E-state index contributed by atoms with van der Waals surface area (Å²) in [7, 11) is -4.00. The predicted molar refractivity (Wildman–Crippen MR) is 76.7 cm³/mol. The first-order valence-corrected chi connectivity index (χ1v) is 7.34. The van der Waals surface area contributed by atoms with E-state index in [4.69, 9.17) is 17.3 Å². The van der Waals surface area contributed by atoms with Crippen LogP contribution in [0.5, 0.6) is 0 Å². The van der Waals surface area contributed by atoms with E-state index in [-0.39, 0.29) is 36.6 Å². The van der Waals surface area contributed by atoms with Gasteiger partial charge in [-0.25, -0.2) is 8.42 Å². The lowest BCUT2D eigenvalue weighted by atomic mass is 10.3. The molecule has 0 radical (unpaired) electrons. The molecule has 0 spiro atoms. The molecule has 1 saturated heterocycles. The second kappa shape index (κ2) is 6.23. The fraction of sp³-hybridized carbons (Fsp3) is 0.400. The lowest BCUT2D eigenvalue weighted by molar-refractivity contribution is -0.387. The molecular weight excluding hydrogens is 329 g/mol. The van der Waals surface area contributed by atoms with Crippen molar-refractivity contribution < 1.29 is 13.3 Å². The summed E-state index contributed by atoms with van der Waals surface area (Å²) < 4.78 is 25.9. The van der Waals surface area contributed by atoms with Crippen molar-refractivity contribution in [2.24, 2.45) is 5.73 Å². The molecule has 0 aliphatic carbocycles. The lowest BCUT2D eigenvalue weighted by Gasteiger charge is -2.16. The van der Waals surface area contributed by atoms with Gasteiger partial charge in [-0.2, -0.15) is 4.31 Å². The summed E-state index contributed by atoms with van der Waals surface area (Å²) in [5, 5.41) is 10.8. The standard InChI is InChI=1S/C10H12ClN3O4S.ClH/c11-8-2-1-3-9(14(15)16)10(8)19(17,18)13-5-4-7(12)6-13;/h1-3,7H,4-6,12H2;1H/t7-;/m1./s1. The molecule has 10 heteroatoms. The van der Waals surface area contributed by atoms with Crippen LogP contribution in [-0.2, 0) is 10.0 Å². The highest BCUT2D eigenvalue weighted by molar-refractivity contribution is 7.89. The molecule has 2 rings (SSSR count). The normalized spacial score (nSPS) is 19.6. The molecule has 1 heterocycles. The fourth-order valence-electron chi connectivity index (χ4n) is 2.00. The maximum absolute atomic E-state index is 12.4. The van der Waals surface area contributed by atoms with Crippen molar-refractivity contribution in [2.75, 3.05) is 13.1 Å². The fourth-order valence-corrected chi connectivity index (χ4v) is 4.17. The van der Waals surface area contributed by atoms with Gasteiger partial charge < -0.3 is 5.73 Å². The van der Waals surface area contributed by atoms with E-state index in [9.17, 15) is 18.5 Å². The Kier molecular flexibility index (Phi) is 5.33. The molecule has 112 valence electrons. The number of benzene rings is 1. The molecule has 1 aromatic carbocycles. The minimum absolute atomic E-state index is 0. The first-order chi connectivity index (χ1) is 8.84. The van der Waals surface area contributed by atoms with Crippen LogP contribution in [0.1, 0.15) is 6.42 Å². The molecule has 2 N–H and O–H groups in total. The molecule has 0 saturated carbocycles. The number of halogens is 2. The van der Waals surface area contributed by atoms with Gasteiger partial charge in [0.1, 0.15) is 0 Å². The summed E-state index contributed by atoms with van der Waals surface area (Å²) in [5.41, 5.74) is 5.14. The Hall–Kier alpha value is -0.930. The van der Waals surface area contributed by atoms with Gasteiger partial charge in [0.15, 0.2) is 4.90 Å². The zero-order chi connectivity index (χ0) is 14.2. The number of nitro groups is 1. The Morgan fingerprint density at radius 3 is 2.60 bits per heavy atom. The van der Waals surface area contributed by atoms with Crippen LogP contribution in [0, 0.1) is 10.1 Å². The topological polar surface area (TPSA) is 107 Å². The number of nitrogens with zero attached hydrogens (tertiary/aromatic N) is 2. The van der Waals surface area contributed by atoms with Crippen molar-refractivity contribution >= 4 is 39.7 Å². The van der Waals surface area contributed by atoms with Crippen molar-refractivity contribution in [2.45, 2.75) is 17.4 Å². The summed E-state index contributed by atoms with van der Waals surface area (Å²) in [6, 6.07) is 3.53. The van der Waals surface area contributed by atoms with Crippen molar-refractivity contribution in [1.29, 1.82) is 0 Å². The van der Waals surface area contributed by atoms with Gasteiger partial charge in [0.05, 0.1) is 9.95 Å². The van der Waals surface area contributed by atoms with E-state index in [1.165, 1.54) is 12.1 Å². The first-order valence-electron chi connectivity index (χ1n) is 5.52. The Bertz CT molecular complexity index is 623. The van der Waals surface area contributed by atoms with Gasteiger partial charge in [0.2, 0.25) is 0 Å². The van der Waals surface area contributed by atoms with Crippen LogP contribution in [0.2, 0.25) is 5.02 Å². The Labute approximate surface area is 127 Å². The molecule has 0 unspecified atom stereocenters. The second-order valence-corrected chi connectivity index (χ2v) is 6.54. The molecule has 1 aliphatic rings. The molecule has 0 aromatic heterocycles. The zero-order valence-corrected chi connectivity index (χ0v) is 12.6. The van der Waals surface area contributed by atoms with E-state index >= 15 is 0 Å². The third-order valence-electron chi connectivity index (χ3n) is 2.93. The summed E-state index contributed by atoms with van der Waals surface area (Å²) in [5.74, 6) is 0. The third-order valence-corrected chi connectivity index (χ3v) is 5.31. The number of rotatable bonds is 3. The highest BCUT2D eigenvalue weighted by Crippen LogP contribution is 2.34. The highest BCUT2D eigenvalue weighted by atomic mass is 35.5. The van der Waals surface area contributed by atoms with Crippen LogP contribution in [0.4, 0.5) is 5.69 Å². The molecule has 0 amide bonds. The molecule has 20 heavy (non-hydrogen) atoms. The van der Waals surface area contributed by atoms with Crippen LogP contribution in [0.15, 0.2) is 23.1 Å². The Balaban J connectivity index is 0.00000200. The Morgan fingerprint density at radius 1 is 1.45 bits per heavy atom. The molecular formula is C10H13Cl2N3O4S. The minimum atomic E-state index is -4.00. The smallest absolute Gasteiger partial charge is 0.290 e. The first kappa shape index (κ1) is 17.1. The minimum Gasteiger partial charge on any atom is -0.326 e. The maximum Gasteiger partial charge on any atom is 0.290 e. The zero-order valence-electron chi connectivity index (χ0n) is 10.2. The molecule has 1 fully saturated rings. The average Bonchev–Trinajstić information content (AvgIpc) is 2.75. The van der Waals surface area contributed by atoms with Crippen molar-refractivity contribution in [3.8, 4) is 0 Å². The number of sulfonamides is 1. The largest absolute Gasteiger partial charge is 0.326 e. The molecule has 1 aromatic rings. The van der Waals surface area contributed by atoms with Gasteiger partial charge in [-0.3, -0.25) is 10.1 Å². The van der Waals surface area contributed by atoms with E-state index in [2.05, 4.69) is 0 Å². The van der Waals surface area contributed by atoms with Crippen molar-refractivity contribution in [1.82, 2.24) is 4.31 Å². The van der Waals surface area contributed by atoms with Crippen LogP contribution in [-0.4, -0.2) is 36.8 Å². The number of hydrogen-bond acceptors (Lipinski definition) is 5. The quantitative estimate of drug-likeness (QED) is 0.660.